The zero-order valence-electron chi connectivity index (χ0n) is 12.8. The minimum atomic E-state index is -0.461. The maximum atomic E-state index is 12.5. The molecule has 4 rings (SSSR count). The fourth-order valence-corrected chi connectivity index (χ4v) is 5.36. The first-order valence-corrected chi connectivity index (χ1v) is 9.59. The number of aromatic amines is 1. The van der Waals surface area contributed by atoms with E-state index < -0.39 is 5.91 Å². The molecule has 24 heavy (non-hydrogen) atoms. The normalized spacial score (nSPS) is 13.8. The van der Waals surface area contributed by atoms with Crippen molar-refractivity contribution in [1.29, 1.82) is 0 Å². The van der Waals surface area contributed by atoms with Crippen molar-refractivity contribution in [3.63, 3.8) is 0 Å². The molecule has 122 valence electrons. The molecule has 1 aromatic carbocycles. The summed E-state index contributed by atoms with van der Waals surface area (Å²) in [7, 11) is 0. The number of nitrogens with one attached hydrogen (secondary N) is 1. The fraction of sp³-hybridized carbons (Fsp3) is 0.235. The van der Waals surface area contributed by atoms with Gasteiger partial charge in [-0.1, -0.05) is 12.1 Å². The summed E-state index contributed by atoms with van der Waals surface area (Å²) in [6.45, 7) is 0. The first kappa shape index (κ1) is 15.4. The number of H-pyrrole nitrogens is 1. The standard InChI is InChI=1S/C17H15N3O2S2/c18-15(21)10-3-1-2-9(6-10)7-13-19-16(22)14-11-4-5-23-8-12(11)24-17(14)20-13/h1-3,6H,4-5,7-8H2,(H2,18,21)(H,19,20,22). The number of fused-ring (bicyclic) bond motifs is 3. The monoisotopic (exact) mass is 357 g/mol. The third-order valence-electron chi connectivity index (χ3n) is 4.11. The summed E-state index contributed by atoms with van der Waals surface area (Å²) >= 11 is 3.52. The van der Waals surface area contributed by atoms with Gasteiger partial charge in [-0.3, -0.25) is 9.59 Å². The second-order valence-electron chi connectivity index (χ2n) is 5.74. The minimum absolute atomic E-state index is 0.0644. The Balaban J connectivity index is 1.74. The highest BCUT2D eigenvalue weighted by Gasteiger charge is 2.20. The van der Waals surface area contributed by atoms with Crippen LogP contribution in [0.3, 0.4) is 0 Å². The number of primary amides is 1. The molecule has 0 fully saturated rings. The minimum Gasteiger partial charge on any atom is -0.366 e. The summed E-state index contributed by atoms with van der Waals surface area (Å²) in [5.41, 5.74) is 7.78. The Morgan fingerprint density at radius 1 is 1.38 bits per heavy atom. The number of nitrogens with two attached hydrogens (primary N) is 1. The number of carbonyl (C=O) groups excluding carboxylic acids is 1. The summed E-state index contributed by atoms with van der Waals surface area (Å²) in [6, 6.07) is 7.10. The van der Waals surface area contributed by atoms with Crippen molar-refractivity contribution < 1.29 is 4.79 Å². The summed E-state index contributed by atoms with van der Waals surface area (Å²) in [5, 5.41) is 0.755. The molecule has 0 bridgehead atoms. The van der Waals surface area contributed by atoms with Crippen molar-refractivity contribution in [1.82, 2.24) is 9.97 Å². The number of aromatic nitrogens is 2. The van der Waals surface area contributed by atoms with Crippen LogP contribution in [-0.2, 0) is 18.6 Å². The molecule has 2 aromatic heterocycles. The van der Waals surface area contributed by atoms with Crippen molar-refractivity contribution >= 4 is 39.2 Å². The predicted octanol–water partition coefficient (Wildman–Crippen LogP) is 2.46. The lowest BCUT2D eigenvalue weighted by atomic mass is 10.1. The fourth-order valence-electron chi connectivity index (χ4n) is 2.99. The second-order valence-corrected chi connectivity index (χ2v) is 7.93. The SMILES string of the molecule is NC(=O)c1cccc(Cc2nc3sc4c(c3c(=O)[nH]2)CCSC4)c1. The maximum absolute atomic E-state index is 12.5. The van der Waals surface area contributed by atoms with E-state index in [1.165, 1.54) is 10.4 Å². The number of thioether (sulfide) groups is 1. The van der Waals surface area contributed by atoms with Crippen LogP contribution in [0.5, 0.6) is 0 Å². The van der Waals surface area contributed by atoms with Crippen molar-refractivity contribution in [3.8, 4) is 0 Å². The zero-order chi connectivity index (χ0) is 16.7. The molecule has 0 unspecified atom stereocenters. The van der Waals surface area contributed by atoms with Crippen LogP contribution in [0.2, 0.25) is 0 Å². The highest BCUT2D eigenvalue weighted by molar-refractivity contribution is 7.98. The molecular formula is C17H15N3O2S2. The number of amides is 1. The van der Waals surface area contributed by atoms with Gasteiger partial charge in [-0.25, -0.2) is 4.98 Å². The Hall–Kier alpha value is -2.12. The van der Waals surface area contributed by atoms with Crippen LogP contribution < -0.4 is 11.3 Å². The van der Waals surface area contributed by atoms with Gasteiger partial charge in [0.15, 0.2) is 0 Å². The van der Waals surface area contributed by atoms with Gasteiger partial charge >= 0.3 is 0 Å². The molecule has 0 atom stereocenters. The molecule has 5 nitrogen and oxygen atoms in total. The topological polar surface area (TPSA) is 88.8 Å². The Morgan fingerprint density at radius 2 is 2.25 bits per heavy atom. The first-order valence-electron chi connectivity index (χ1n) is 7.62. The smallest absolute Gasteiger partial charge is 0.259 e. The number of hydrogen-bond donors (Lipinski definition) is 2. The third kappa shape index (κ3) is 2.74. The van der Waals surface area contributed by atoms with Gasteiger partial charge in [-0.05, 0) is 35.4 Å². The molecule has 0 saturated heterocycles. The number of nitrogens with zero attached hydrogens (tertiary/aromatic N) is 1. The van der Waals surface area contributed by atoms with Crippen LogP contribution in [0.25, 0.3) is 10.2 Å². The van der Waals surface area contributed by atoms with Gasteiger partial charge < -0.3 is 10.7 Å². The molecule has 7 heteroatoms. The number of thiophene rings is 1. The lowest BCUT2D eigenvalue weighted by Crippen LogP contribution is -2.14. The van der Waals surface area contributed by atoms with Crippen molar-refractivity contribution in [2.75, 3.05) is 5.75 Å². The predicted molar refractivity (Wildman–Crippen MR) is 97.9 cm³/mol. The van der Waals surface area contributed by atoms with E-state index in [9.17, 15) is 9.59 Å². The molecule has 3 heterocycles. The zero-order valence-corrected chi connectivity index (χ0v) is 14.4. The number of benzene rings is 1. The molecule has 1 amide bonds. The average Bonchev–Trinajstić information content (AvgIpc) is 2.93. The van der Waals surface area contributed by atoms with Crippen LogP contribution >= 0.6 is 23.1 Å². The third-order valence-corrected chi connectivity index (χ3v) is 6.40. The molecule has 0 saturated carbocycles. The lowest BCUT2D eigenvalue weighted by Gasteiger charge is -2.09. The summed E-state index contributed by atoms with van der Waals surface area (Å²) in [6.07, 6.45) is 1.40. The molecule has 0 radical (unpaired) electrons. The van der Waals surface area contributed by atoms with Crippen molar-refractivity contribution in [2.24, 2.45) is 5.73 Å². The van der Waals surface area contributed by atoms with Gasteiger partial charge in [0.25, 0.3) is 5.56 Å². The molecule has 0 spiro atoms. The van der Waals surface area contributed by atoms with Crippen LogP contribution in [-0.4, -0.2) is 21.6 Å². The molecule has 1 aliphatic rings. The van der Waals surface area contributed by atoms with E-state index in [1.54, 1.807) is 29.5 Å². The molecular weight excluding hydrogens is 342 g/mol. The van der Waals surface area contributed by atoms with Crippen LogP contribution in [0.4, 0.5) is 0 Å². The van der Waals surface area contributed by atoms with Gasteiger partial charge in [0.05, 0.1) is 5.39 Å². The van der Waals surface area contributed by atoms with Gasteiger partial charge in [0.2, 0.25) is 5.91 Å². The van der Waals surface area contributed by atoms with Gasteiger partial charge in [0, 0.05) is 22.6 Å². The first-order chi connectivity index (χ1) is 11.6. The number of rotatable bonds is 3. The van der Waals surface area contributed by atoms with Crippen LogP contribution in [0, 0.1) is 0 Å². The van der Waals surface area contributed by atoms with Gasteiger partial charge in [0.1, 0.15) is 10.7 Å². The Labute approximate surface area is 146 Å². The van der Waals surface area contributed by atoms with E-state index in [1.807, 2.05) is 17.8 Å². The van der Waals surface area contributed by atoms with Crippen molar-refractivity contribution in [2.45, 2.75) is 18.6 Å². The summed E-state index contributed by atoms with van der Waals surface area (Å²) < 4.78 is 0. The molecule has 3 aromatic rings. The average molecular weight is 357 g/mol. The highest BCUT2D eigenvalue weighted by Crippen LogP contribution is 2.35. The van der Waals surface area contributed by atoms with E-state index in [0.717, 1.165) is 33.7 Å². The summed E-state index contributed by atoms with van der Waals surface area (Å²) in [5.74, 6) is 2.17. The summed E-state index contributed by atoms with van der Waals surface area (Å²) in [4.78, 5) is 33.5. The second kappa shape index (κ2) is 6.07. The van der Waals surface area contributed by atoms with Crippen LogP contribution in [0.1, 0.15) is 32.2 Å². The quantitative estimate of drug-likeness (QED) is 0.753. The molecule has 0 aliphatic carbocycles. The van der Waals surface area contributed by atoms with E-state index in [0.29, 0.717) is 17.8 Å². The Morgan fingerprint density at radius 3 is 3.08 bits per heavy atom. The van der Waals surface area contributed by atoms with Crippen LogP contribution in [0.15, 0.2) is 29.1 Å². The lowest BCUT2D eigenvalue weighted by molar-refractivity contribution is 0.1000. The maximum Gasteiger partial charge on any atom is 0.259 e. The highest BCUT2D eigenvalue weighted by atomic mass is 32.2. The number of hydrogen-bond acceptors (Lipinski definition) is 5. The molecule has 3 N–H and O–H groups in total. The van der Waals surface area contributed by atoms with E-state index in [4.69, 9.17) is 5.73 Å². The number of aryl methyl sites for hydroxylation is 1. The Kier molecular flexibility index (Phi) is 3.90. The van der Waals surface area contributed by atoms with Gasteiger partial charge in [-0.2, -0.15) is 11.8 Å². The van der Waals surface area contributed by atoms with E-state index in [-0.39, 0.29) is 5.56 Å². The largest absolute Gasteiger partial charge is 0.366 e. The number of carbonyl (C=O) groups is 1. The Bertz CT molecular complexity index is 1010. The van der Waals surface area contributed by atoms with E-state index >= 15 is 0 Å². The van der Waals surface area contributed by atoms with E-state index in [2.05, 4.69) is 9.97 Å². The van der Waals surface area contributed by atoms with Gasteiger partial charge in [-0.15, -0.1) is 11.3 Å². The van der Waals surface area contributed by atoms with Crippen molar-refractivity contribution in [3.05, 3.63) is 62.0 Å². The molecule has 1 aliphatic heterocycles.